The highest BCUT2D eigenvalue weighted by Crippen LogP contribution is 2.25. The van der Waals surface area contributed by atoms with Crippen LogP contribution in [0.4, 0.5) is 4.39 Å². The van der Waals surface area contributed by atoms with Crippen molar-refractivity contribution in [3.05, 3.63) is 59.4 Å². The Morgan fingerprint density at radius 1 is 1.11 bits per heavy atom. The lowest BCUT2D eigenvalue weighted by Crippen LogP contribution is -2.22. The summed E-state index contributed by atoms with van der Waals surface area (Å²) in [6.07, 6.45) is 0. The van der Waals surface area contributed by atoms with E-state index in [1.807, 2.05) is 24.3 Å². The first-order valence-corrected chi connectivity index (χ1v) is 6.65. The molecule has 2 rings (SSSR count). The Labute approximate surface area is 114 Å². The third-order valence-electron chi connectivity index (χ3n) is 3.19. The van der Waals surface area contributed by atoms with E-state index >= 15 is 0 Å². The van der Waals surface area contributed by atoms with Gasteiger partial charge in [-0.1, -0.05) is 44.2 Å². The van der Waals surface area contributed by atoms with E-state index in [2.05, 4.69) is 31.3 Å². The van der Waals surface area contributed by atoms with E-state index in [4.69, 9.17) is 0 Å². The minimum Gasteiger partial charge on any atom is -0.310 e. The molecule has 0 spiro atoms. The summed E-state index contributed by atoms with van der Waals surface area (Å²) in [4.78, 5) is 0. The van der Waals surface area contributed by atoms with Crippen LogP contribution in [0.2, 0.25) is 0 Å². The number of benzene rings is 2. The lowest BCUT2D eigenvalue weighted by molar-refractivity contribution is 0.589. The lowest BCUT2D eigenvalue weighted by atomic mass is 9.98. The van der Waals surface area contributed by atoms with Gasteiger partial charge in [-0.3, -0.25) is 0 Å². The molecule has 1 nitrogen and oxygen atoms in total. The summed E-state index contributed by atoms with van der Waals surface area (Å²) in [5.74, 6) is -0.151. The molecule has 19 heavy (non-hydrogen) atoms. The van der Waals surface area contributed by atoms with E-state index in [0.717, 1.165) is 12.1 Å². The van der Waals surface area contributed by atoms with E-state index in [1.165, 1.54) is 17.2 Å². The number of aryl methyl sites for hydroxylation is 1. The average Bonchev–Trinajstić information content (AvgIpc) is 2.40. The van der Waals surface area contributed by atoms with E-state index in [1.54, 1.807) is 6.92 Å². The highest BCUT2D eigenvalue weighted by molar-refractivity contribution is 5.68. The zero-order valence-electron chi connectivity index (χ0n) is 11.7. The average molecular weight is 257 g/mol. The molecule has 0 atom stereocenters. The van der Waals surface area contributed by atoms with Gasteiger partial charge < -0.3 is 5.32 Å². The summed E-state index contributed by atoms with van der Waals surface area (Å²) in [5, 5.41) is 3.42. The summed E-state index contributed by atoms with van der Waals surface area (Å²) in [6, 6.07) is 14.0. The van der Waals surface area contributed by atoms with Crippen molar-refractivity contribution in [3.8, 4) is 11.1 Å². The fraction of sp³-hybridized carbons (Fsp3) is 0.294. The summed E-state index contributed by atoms with van der Waals surface area (Å²) in [7, 11) is 0. The Kier molecular flexibility index (Phi) is 4.33. The molecule has 100 valence electrons. The highest BCUT2D eigenvalue weighted by Gasteiger charge is 2.06. The van der Waals surface area contributed by atoms with Gasteiger partial charge in [0.05, 0.1) is 0 Å². The van der Waals surface area contributed by atoms with Crippen molar-refractivity contribution in [2.75, 3.05) is 0 Å². The molecule has 2 aromatic carbocycles. The molecule has 2 aromatic rings. The van der Waals surface area contributed by atoms with Gasteiger partial charge >= 0.3 is 0 Å². The topological polar surface area (TPSA) is 12.0 Å². The number of hydrogen-bond acceptors (Lipinski definition) is 1. The highest BCUT2D eigenvalue weighted by atomic mass is 19.1. The number of rotatable bonds is 4. The van der Waals surface area contributed by atoms with Crippen LogP contribution in [0.25, 0.3) is 11.1 Å². The third-order valence-corrected chi connectivity index (χ3v) is 3.19. The van der Waals surface area contributed by atoms with Gasteiger partial charge in [0.15, 0.2) is 0 Å². The molecule has 0 aromatic heterocycles. The molecule has 2 heteroatoms. The smallest absolute Gasteiger partial charge is 0.126 e. The van der Waals surface area contributed by atoms with Gasteiger partial charge in [0.1, 0.15) is 5.82 Å². The van der Waals surface area contributed by atoms with Crippen LogP contribution in [-0.4, -0.2) is 6.04 Å². The molecule has 0 radical (unpaired) electrons. The molecule has 0 saturated carbocycles. The first kappa shape index (κ1) is 13.8. The van der Waals surface area contributed by atoms with Crippen LogP contribution in [0, 0.1) is 12.7 Å². The Bertz CT molecular complexity index is 561. The maximum absolute atomic E-state index is 13.4. The molecule has 1 N–H and O–H groups in total. The molecule has 0 saturated heterocycles. The Hall–Kier alpha value is -1.67. The maximum atomic E-state index is 13.4. The summed E-state index contributed by atoms with van der Waals surface area (Å²) in [5.41, 5.74) is 4.16. The van der Waals surface area contributed by atoms with Crippen molar-refractivity contribution in [2.24, 2.45) is 0 Å². The van der Waals surface area contributed by atoms with Gasteiger partial charge in [-0.25, -0.2) is 4.39 Å². The number of hydrogen-bond donors (Lipinski definition) is 1. The first-order valence-electron chi connectivity index (χ1n) is 6.65. The second kappa shape index (κ2) is 5.98. The Morgan fingerprint density at radius 2 is 1.84 bits per heavy atom. The zero-order chi connectivity index (χ0) is 13.8. The van der Waals surface area contributed by atoms with Crippen molar-refractivity contribution < 1.29 is 4.39 Å². The molecule has 0 amide bonds. The van der Waals surface area contributed by atoms with Crippen LogP contribution in [0.5, 0.6) is 0 Å². The number of nitrogens with one attached hydrogen (secondary N) is 1. The molecule has 0 bridgehead atoms. The van der Waals surface area contributed by atoms with Crippen LogP contribution in [0.15, 0.2) is 42.5 Å². The molecule has 0 fully saturated rings. The van der Waals surface area contributed by atoms with E-state index in [-0.39, 0.29) is 5.82 Å². The zero-order valence-corrected chi connectivity index (χ0v) is 11.7. The predicted molar refractivity (Wildman–Crippen MR) is 78.5 cm³/mol. The lowest BCUT2D eigenvalue weighted by Gasteiger charge is -2.13. The monoisotopic (exact) mass is 257 g/mol. The standard InChI is InChI=1S/C17H20FN/c1-12(2)19-11-15-6-4-5-7-16(15)14-8-9-17(18)13(3)10-14/h4-10,12,19H,11H2,1-3H3. The van der Waals surface area contributed by atoms with Crippen molar-refractivity contribution in [1.82, 2.24) is 5.32 Å². The SMILES string of the molecule is Cc1cc(-c2ccccc2CNC(C)C)ccc1F. The maximum Gasteiger partial charge on any atom is 0.126 e. The molecule has 0 unspecified atom stereocenters. The van der Waals surface area contributed by atoms with Gasteiger partial charge in [0, 0.05) is 12.6 Å². The Morgan fingerprint density at radius 3 is 2.53 bits per heavy atom. The van der Waals surface area contributed by atoms with Crippen molar-refractivity contribution in [3.63, 3.8) is 0 Å². The quantitative estimate of drug-likeness (QED) is 0.861. The van der Waals surface area contributed by atoms with Crippen LogP contribution in [0.1, 0.15) is 25.0 Å². The van der Waals surface area contributed by atoms with E-state index < -0.39 is 0 Å². The van der Waals surface area contributed by atoms with Crippen LogP contribution in [-0.2, 0) is 6.54 Å². The fourth-order valence-corrected chi connectivity index (χ4v) is 2.08. The van der Waals surface area contributed by atoms with Gasteiger partial charge in [-0.2, -0.15) is 0 Å². The fourth-order valence-electron chi connectivity index (χ4n) is 2.08. The molecule has 0 aliphatic carbocycles. The van der Waals surface area contributed by atoms with Crippen LogP contribution >= 0.6 is 0 Å². The van der Waals surface area contributed by atoms with Crippen molar-refractivity contribution in [2.45, 2.75) is 33.4 Å². The summed E-state index contributed by atoms with van der Waals surface area (Å²) >= 11 is 0. The first-order chi connectivity index (χ1) is 9.08. The Balaban J connectivity index is 2.35. The van der Waals surface area contributed by atoms with Crippen molar-refractivity contribution in [1.29, 1.82) is 0 Å². The predicted octanol–water partition coefficient (Wildman–Crippen LogP) is 4.30. The molecular weight excluding hydrogens is 237 g/mol. The largest absolute Gasteiger partial charge is 0.310 e. The van der Waals surface area contributed by atoms with Crippen molar-refractivity contribution >= 4 is 0 Å². The second-order valence-corrected chi connectivity index (χ2v) is 5.16. The normalized spacial score (nSPS) is 11.0. The third kappa shape index (κ3) is 3.42. The second-order valence-electron chi connectivity index (χ2n) is 5.16. The van der Waals surface area contributed by atoms with Gasteiger partial charge in [0.25, 0.3) is 0 Å². The van der Waals surface area contributed by atoms with Gasteiger partial charge in [-0.15, -0.1) is 0 Å². The molecule has 0 heterocycles. The van der Waals surface area contributed by atoms with Gasteiger partial charge in [0.2, 0.25) is 0 Å². The molecule has 0 aliphatic heterocycles. The van der Waals surface area contributed by atoms with Crippen LogP contribution in [0.3, 0.4) is 0 Å². The minimum absolute atomic E-state index is 0.151. The van der Waals surface area contributed by atoms with Crippen LogP contribution < -0.4 is 5.32 Å². The van der Waals surface area contributed by atoms with Gasteiger partial charge in [-0.05, 0) is 41.3 Å². The van der Waals surface area contributed by atoms with E-state index in [0.29, 0.717) is 11.6 Å². The summed E-state index contributed by atoms with van der Waals surface area (Å²) < 4.78 is 13.4. The molecule has 0 aliphatic rings. The molecular formula is C17H20FN. The van der Waals surface area contributed by atoms with E-state index in [9.17, 15) is 4.39 Å². The summed E-state index contributed by atoms with van der Waals surface area (Å²) in [6.45, 7) is 6.88. The number of halogens is 1. The minimum atomic E-state index is -0.151.